The maximum Gasteiger partial charge on any atom is 0.124 e. The van der Waals surface area contributed by atoms with E-state index in [0.29, 0.717) is 13.2 Å². The highest BCUT2D eigenvalue weighted by molar-refractivity contribution is 5.39. The van der Waals surface area contributed by atoms with E-state index in [-0.39, 0.29) is 5.54 Å². The van der Waals surface area contributed by atoms with Crippen molar-refractivity contribution in [3.8, 4) is 5.75 Å². The summed E-state index contributed by atoms with van der Waals surface area (Å²) < 4.78 is 10.8. The van der Waals surface area contributed by atoms with Crippen LogP contribution in [0.15, 0.2) is 24.3 Å². The van der Waals surface area contributed by atoms with E-state index >= 15 is 0 Å². The number of hydrogen-bond donors (Lipinski definition) is 1. The van der Waals surface area contributed by atoms with Gasteiger partial charge in [-0.1, -0.05) is 37.5 Å². The third kappa shape index (κ3) is 3.03. The summed E-state index contributed by atoms with van der Waals surface area (Å²) in [7, 11) is 1.68. The fraction of sp³-hybridized carbons (Fsp3) is 0.600. The third-order valence-electron chi connectivity index (χ3n) is 3.71. The molecule has 3 heteroatoms. The number of methoxy groups -OCH3 is 1. The third-order valence-corrected chi connectivity index (χ3v) is 3.71. The molecule has 0 radical (unpaired) electrons. The van der Waals surface area contributed by atoms with E-state index < -0.39 is 0 Å². The van der Waals surface area contributed by atoms with Crippen molar-refractivity contribution in [2.75, 3.05) is 20.3 Å². The van der Waals surface area contributed by atoms with Gasteiger partial charge in [0.2, 0.25) is 0 Å². The van der Waals surface area contributed by atoms with Crippen LogP contribution in [0.1, 0.15) is 37.7 Å². The fourth-order valence-corrected chi connectivity index (χ4v) is 2.69. The highest BCUT2D eigenvalue weighted by Gasteiger charge is 2.31. The highest BCUT2D eigenvalue weighted by Crippen LogP contribution is 2.39. The Morgan fingerprint density at radius 1 is 1.11 bits per heavy atom. The Kier molecular flexibility index (Phi) is 4.61. The van der Waals surface area contributed by atoms with Gasteiger partial charge >= 0.3 is 0 Å². The second-order valence-electron chi connectivity index (χ2n) is 5.05. The van der Waals surface area contributed by atoms with Crippen molar-refractivity contribution >= 4 is 0 Å². The molecule has 1 aromatic carbocycles. The van der Waals surface area contributed by atoms with Gasteiger partial charge < -0.3 is 15.2 Å². The van der Waals surface area contributed by atoms with E-state index in [1.807, 2.05) is 18.2 Å². The molecule has 2 N–H and O–H groups in total. The summed E-state index contributed by atoms with van der Waals surface area (Å²) >= 11 is 0. The van der Waals surface area contributed by atoms with Gasteiger partial charge in [0.1, 0.15) is 12.4 Å². The van der Waals surface area contributed by atoms with E-state index in [9.17, 15) is 0 Å². The first-order valence-corrected chi connectivity index (χ1v) is 6.76. The zero-order chi connectivity index (χ0) is 12.8. The van der Waals surface area contributed by atoms with Crippen LogP contribution < -0.4 is 10.5 Å². The first kappa shape index (κ1) is 13.4. The molecule has 0 bridgehead atoms. The van der Waals surface area contributed by atoms with Crippen molar-refractivity contribution < 1.29 is 9.47 Å². The molecule has 100 valence electrons. The molecular formula is C15H23NO2. The predicted molar refractivity (Wildman–Crippen MR) is 72.8 cm³/mol. The van der Waals surface area contributed by atoms with Gasteiger partial charge in [0.25, 0.3) is 0 Å². The Morgan fingerprint density at radius 3 is 2.56 bits per heavy atom. The quantitative estimate of drug-likeness (QED) is 0.816. The summed E-state index contributed by atoms with van der Waals surface area (Å²) in [5.74, 6) is 0.916. The maximum absolute atomic E-state index is 6.57. The summed E-state index contributed by atoms with van der Waals surface area (Å²) in [5.41, 5.74) is 7.52. The van der Waals surface area contributed by atoms with Crippen molar-refractivity contribution in [1.29, 1.82) is 0 Å². The molecule has 3 nitrogen and oxygen atoms in total. The van der Waals surface area contributed by atoms with E-state index in [1.165, 1.54) is 19.3 Å². The molecule has 1 aromatic rings. The van der Waals surface area contributed by atoms with E-state index in [2.05, 4.69) is 6.07 Å². The molecule has 1 aliphatic rings. The van der Waals surface area contributed by atoms with Crippen molar-refractivity contribution in [2.24, 2.45) is 5.73 Å². The largest absolute Gasteiger partial charge is 0.491 e. The lowest BCUT2D eigenvalue weighted by Crippen LogP contribution is -2.39. The fourth-order valence-electron chi connectivity index (χ4n) is 2.69. The Morgan fingerprint density at radius 2 is 1.83 bits per heavy atom. The lowest BCUT2D eigenvalue weighted by molar-refractivity contribution is 0.144. The number of para-hydroxylation sites is 1. The molecule has 1 fully saturated rings. The molecule has 0 aromatic heterocycles. The second-order valence-corrected chi connectivity index (χ2v) is 5.05. The van der Waals surface area contributed by atoms with Crippen LogP contribution in [0.3, 0.4) is 0 Å². The Balaban J connectivity index is 2.15. The molecule has 18 heavy (non-hydrogen) atoms. The van der Waals surface area contributed by atoms with Crippen LogP contribution in [0.2, 0.25) is 0 Å². The summed E-state index contributed by atoms with van der Waals surface area (Å²) in [5, 5.41) is 0. The molecule has 0 aliphatic heterocycles. The van der Waals surface area contributed by atoms with Crippen molar-refractivity contribution in [3.05, 3.63) is 29.8 Å². The minimum atomic E-state index is -0.206. The van der Waals surface area contributed by atoms with Crippen molar-refractivity contribution in [2.45, 2.75) is 37.6 Å². The number of nitrogens with two attached hydrogens (primary N) is 1. The van der Waals surface area contributed by atoms with Crippen LogP contribution in [-0.2, 0) is 10.3 Å². The molecule has 0 atom stereocenters. The van der Waals surface area contributed by atoms with Gasteiger partial charge in [-0.2, -0.15) is 0 Å². The molecule has 0 spiro atoms. The van der Waals surface area contributed by atoms with Crippen molar-refractivity contribution in [3.63, 3.8) is 0 Å². The van der Waals surface area contributed by atoms with Gasteiger partial charge in [0.05, 0.1) is 6.61 Å². The number of ether oxygens (including phenoxy) is 2. The monoisotopic (exact) mass is 249 g/mol. The standard InChI is InChI=1S/C15H23NO2/c1-17-11-12-18-14-8-4-3-7-13(14)15(16)9-5-2-6-10-15/h3-4,7-8H,2,5-6,9-12,16H2,1H3. The molecular weight excluding hydrogens is 226 g/mol. The summed E-state index contributed by atoms with van der Waals surface area (Å²) in [4.78, 5) is 0. The SMILES string of the molecule is COCCOc1ccccc1C1(N)CCCCC1. The van der Waals surface area contributed by atoms with Crippen molar-refractivity contribution in [1.82, 2.24) is 0 Å². The zero-order valence-corrected chi connectivity index (χ0v) is 11.2. The minimum absolute atomic E-state index is 0.206. The minimum Gasteiger partial charge on any atom is -0.491 e. The van der Waals surface area contributed by atoms with Crippen LogP contribution in [0.5, 0.6) is 5.75 Å². The molecule has 0 unspecified atom stereocenters. The number of rotatable bonds is 5. The van der Waals surface area contributed by atoms with Gasteiger partial charge in [-0.05, 0) is 18.9 Å². The van der Waals surface area contributed by atoms with E-state index in [4.69, 9.17) is 15.2 Å². The molecule has 1 saturated carbocycles. The lowest BCUT2D eigenvalue weighted by atomic mass is 9.77. The molecule has 1 aliphatic carbocycles. The average Bonchev–Trinajstić information content (AvgIpc) is 2.40. The van der Waals surface area contributed by atoms with Crippen LogP contribution in [0.25, 0.3) is 0 Å². The summed E-state index contributed by atoms with van der Waals surface area (Å²) in [6, 6.07) is 8.15. The normalized spacial score (nSPS) is 18.6. The Hall–Kier alpha value is -1.06. The van der Waals surface area contributed by atoms with E-state index in [1.54, 1.807) is 7.11 Å². The maximum atomic E-state index is 6.57. The van der Waals surface area contributed by atoms with Gasteiger partial charge in [-0.15, -0.1) is 0 Å². The first-order valence-electron chi connectivity index (χ1n) is 6.76. The first-order chi connectivity index (χ1) is 8.76. The Bertz CT molecular complexity index is 373. The smallest absolute Gasteiger partial charge is 0.124 e. The lowest BCUT2D eigenvalue weighted by Gasteiger charge is -2.35. The van der Waals surface area contributed by atoms with Gasteiger partial charge in [-0.25, -0.2) is 0 Å². The summed E-state index contributed by atoms with van der Waals surface area (Å²) in [6.07, 6.45) is 5.83. The van der Waals surface area contributed by atoms with Crippen LogP contribution in [0, 0.1) is 0 Å². The van der Waals surface area contributed by atoms with Crippen LogP contribution in [0.4, 0.5) is 0 Å². The summed E-state index contributed by atoms with van der Waals surface area (Å²) in [6.45, 7) is 1.18. The topological polar surface area (TPSA) is 44.5 Å². The van der Waals surface area contributed by atoms with Crippen LogP contribution >= 0.6 is 0 Å². The van der Waals surface area contributed by atoms with Gasteiger partial charge in [0.15, 0.2) is 0 Å². The van der Waals surface area contributed by atoms with E-state index in [0.717, 1.165) is 24.2 Å². The zero-order valence-electron chi connectivity index (χ0n) is 11.2. The number of hydrogen-bond acceptors (Lipinski definition) is 3. The van der Waals surface area contributed by atoms with Gasteiger partial charge in [0, 0.05) is 18.2 Å². The highest BCUT2D eigenvalue weighted by atomic mass is 16.5. The average molecular weight is 249 g/mol. The van der Waals surface area contributed by atoms with Crippen LogP contribution in [-0.4, -0.2) is 20.3 Å². The Labute approximate surface area is 109 Å². The molecule has 2 rings (SSSR count). The predicted octanol–water partition coefficient (Wildman–Crippen LogP) is 2.83. The second kappa shape index (κ2) is 6.21. The van der Waals surface area contributed by atoms with Gasteiger partial charge in [-0.3, -0.25) is 0 Å². The molecule has 0 saturated heterocycles. The number of benzene rings is 1. The molecule has 0 heterocycles. The molecule has 0 amide bonds.